The van der Waals surface area contributed by atoms with Gasteiger partial charge >= 0.3 is 6.18 Å². The molecule has 0 aliphatic rings. The summed E-state index contributed by atoms with van der Waals surface area (Å²) in [5.74, 6) is -0.789. The smallest absolute Gasteiger partial charge is 0.378 e. The number of carbonyl (C=O) groups is 1. The fourth-order valence-electron chi connectivity index (χ4n) is 2.90. The molecule has 0 bridgehead atoms. The first kappa shape index (κ1) is 21.7. The van der Waals surface area contributed by atoms with Crippen LogP contribution in [0.1, 0.15) is 27.2 Å². The van der Waals surface area contributed by atoms with E-state index in [-0.39, 0.29) is 28.6 Å². The molecule has 0 saturated carbocycles. The number of hydrogen-bond donors (Lipinski definition) is 2. The average Bonchev–Trinajstić information content (AvgIpc) is 3.40. The molecule has 3 N–H and O–H groups in total. The van der Waals surface area contributed by atoms with Crippen LogP contribution in [0, 0.1) is 6.92 Å². The van der Waals surface area contributed by atoms with E-state index in [1.54, 1.807) is 12.1 Å². The van der Waals surface area contributed by atoms with Crippen LogP contribution >= 0.6 is 0 Å². The highest BCUT2D eigenvalue weighted by Crippen LogP contribution is 2.29. The van der Waals surface area contributed by atoms with Gasteiger partial charge in [-0.3, -0.25) is 4.79 Å². The van der Waals surface area contributed by atoms with Crippen molar-refractivity contribution in [1.29, 1.82) is 0 Å². The van der Waals surface area contributed by atoms with Gasteiger partial charge in [-0.05, 0) is 34.9 Å². The number of aromatic nitrogens is 5. The number of carbonyl (C=O) groups excluding carboxylic acids is 1. The summed E-state index contributed by atoms with van der Waals surface area (Å²) in [6.07, 6.45) is -3.41. The van der Waals surface area contributed by atoms with Crippen LogP contribution in [-0.2, 0) is 6.18 Å². The molecule has 0 atom stereocenters. The zero-order valence-corrected chi connectivity index (χ0v) is 16.9. The Morgan fingerprint density at radius 3 is 2.61 bits per heavy atom. The summed E-state index contributed by atoms with van der Waals surface area (Å²) in [6.45, 7) is 1.90. The van der Waals surface area contributed by atoms with Crippen LogP contribution in [0.15, 0.2) is 58.3 Å². The third-order valence-corrected chi connectivity index (χ3v) is 4.50. The van der Waals surface area contributed by atoms with Crippen LogP contribution in [0.25, 0.3) is 17.1 Å². The Kier molecular flexibility index (Phi) is 5.60. The third-order valence-electron chi connectivity index (χ3n) is 4.50. The van der Waals surface area contributed by atoms with E-state index >= 15 is 0 Å². The van der Waals surface area contributed by atoms with E-state index in [9.17, 15) is 18.0 Å². The quantitative estimate of drug-likeness (QED) is 0.348. The highest BCUT2D eigenvalue weighted by molar-refractivity contribution is 5.98. The Labute approximate surface area is 183 Å². The first-order valence-corrected chi connectivity index (χ1v) is 9.36. The van der Waals surface area contributed by atoms with E-state index in [0.717, 1.165) is 23.9 Å². The lowest BCUT2D eigenvalue weighted by atomic mass is 10.1. The lowest BCUT2D eigenvalue weighted by Gasteiger charge is -2.07. The Balaban J connectivity index is 1.64. The van der Waals surface area contributed by atoms with Crippen molar-refractivity contribution in [2.45, 2.75) is 13.1 Å². The summed E-state index contributed by atoms with van der Waals surface area (Å²) < 4.78 is 44.4. The molecule has 10 nitrogen and oxygen atoms in total. The minimum atomic E-state index is -4.49. The summed E-state index contributed by atoms with van der Waals surface area (Å²) in [5, 5.41) is 18.8. The minimum absolute atomic E-state index is 0.0320. The van der Waals surface area contributed by atoms with Gasteiger partial charge in [0.15, 0.2) is 5.69 Å². The van der Waals surface area contributed by atoms with Gasteiger partial charge < -0.3 is 5.73 Å². The van der Waals surface area contributed by atoms with Gasteiger partial charge in [-0.1, -0.05) is 47.2 Å². The molecule has 33 heavy (non-hydrogen) atoms. The molecule has 168 valence electrons. The number of alkyl halides is 3. The molecule has 2 aromatic heterocycles. The predicted octanol–water partition coefficient (Wildman–Crippen LogP) is 2.99. The molecule has 0 aliphatic heterocycles. The lowest BCUT2D eigenvalue weighted by molar-refractivity contribution is -0.137. The number of nitrogens with one attached hydrogen (secondary N) is 1. The molecule has 0 unspecified atom stereocenters. The van der Waals surface area contributed by atoms with Crippen molar-refractivity contribution >= 4 is 17.9 Å². The van der Waals surface area contributed by atoms with Gasteiger partial charge in [-0.2, -0.15) is 23.0 Å². The zero-order valence-electron chi connectivity index (χ0n) is 16.9. The van der Waals surface area contributed by atoms with Gasteiger partial charge in [-0.25, -0.2) is 10.1 Å². The Morgan fingerprint density at radius 1 is 1.18 bits per heavy atom. The standard InChI is InChI=1S/C20H15F3N8O2/c1-11-5-7-13(8-6-11)16-15(26-30-31(16)18-17(24)28-33-29-18)19(32)27-25-10-12-3-2-4-14(9-12)20(21,22)23/h2-10H,1H3,(H2,24,28)(H,27,32)/b25-10-. The summed E-state index contributed by atoms with van der Waals surface area (Å²) in [5.41, 5.74) is 8.98. The molecule has 4 rings (SSSR count). The molecular formula is C20H15F3N8O2. The van der Waals surface area contributed by atoms with Crippen molar-refractivity contribution in [2.75, 3.05) is 5.73 Å². The van der Waals surface area contributed by atoms with Crippen LogP contribution < -0.4 is 11.2 Å². The van der Waals surface area contributed by atoms with E-state index in [0.29, 0.717) is 5.56 Å². The number of nitrogen functional groups attached to an aromatic ring is 1. The highest BCUT2D eigenvalue weighted by Gasteiger charge is 2.30. The second kappa shape index (κ2) is 8.53. The van der Waals surface area contributed by atoms with Crippen LogP contribution in [0.3, 0.4) is 0 Å². The van der Waals surface area contributed by atoms with Gasteiger partial charge in [-0.15, -0.1) is 5.10 Å². The van der Waals surface area contributed by atoms with Crippen LogP contribution in [0.2, 0.25) is 0 Å². The molecule has 13 heteroatoms. The van der Waals surface area contributed by atoms with Gasteiger partial charge in [0, 0.05) is 5.56 Å². The van der Waals surface area contributed by atoms with Gasteiger partial charge in [0.2, 0.25) is 11.6 Å². The number of hydrogen-bond acceptors (Lipinski definition) is 8. The first-order valence-electron chi connectivity index (χ1n) is 9.36. The lowest BCUT2D eigenvalue weighted by Crippen LogP contribution is -2.19. The zero-order chi connectivity index (χ0) is 23.6. The normalized spacial score (nSPS) is 11.8. The SMILES string of the molecule is Cc1ccc(-c2c(C(=O)N/N=C\c3cccc(C(F)(F)F)c3)nnn2-c2nonc2N)cc1. The molecule has 4 aromatic rings. The second-order valence-electron chi connectivity index (χ2n) is 6.86. The topological polar surface area (TPSA) is 137 Å². The van der Waals surface area contributed by atoms with Crippen molar-refractivity contribution in [3.8, 4) is 17.1 Å². The monoisotopic (exact) mass is 456 g/mol. The van der Waals surface area contributed by atoms with E-state index in [2.05, 4.69) is 35.8 Å². The van der Waals surface area contributed by atoms with E-state index in [1.807, 2.05) is 19.1 Å². The van der Waals surface area contributed by atoms with Crippen LogP contribution in [-0.4, -0.2) is 37.4 Å². The predicted molar refractivity (Wildman–Crippen MR) is 110 cm³/mol. The number of anilines is 1. The molecule has 0 saturated heterocycles. The maximum absolute atomic E-state index is 12.9. The van der Waals surface area contributed by atoms with Gasteiger partial charge in [0.25, 0.3) is 5.91 Å². The maximum atomic E-state index is 12.9. The molecule has 0 radical (unpaired) electrons. The summed E-state index contributed by atoms with van der Waals surface area (Å²) in [4.78, 5) is 12.8. The van der Waals surface area contributed by atoms with Crippen molar-refractivity contribution in [3.05, 3.63) is 70.9 Å². The van der Waals surface area contributed by atoms with Crippen molar-refractivity contribution in [3.63, 3.8) is 0 Å². The Hall–Kier alpha value is -4.55. The third kappa shape index (κ3) is 4.56. The van der Waals surface area contributed by atoms with E-state index < -0.39 is 17.6 Å². The number of benzene rings is 2. The summed E-state index contributed by atoms with van der Waals surface area (Å²) in [6, 6.07) is 11.6. The number of nitrogens with zero attached hydrogens (tertiary/aromatic N) is 6. The molecule has 2 heterocycles. The largest absolute Gasteiger partial charge is 0.416 e. The van der Waals surface area contributed by atoms with Crippen LogP contribution in [0.4, 0.5) is 19.0 Å². The second-order valence-corrected chi connectivity index (χ2v) is 6.86. The number of aryl methyl sites for hydroxylation is 1. The number of amides is 1. The fourth-order valence-corrected chi connectivity index (χ4v) is 2.90. The Morgan fingerprint density at radius 2 is 1.94 bits per heavy atom. The van der Waals surface area contributed by atoms with Crippen molar-refractivity contribution in [1.82, 2.24) is 30.7 Å². The molecule has 0 spiro atoms. The molecule has 1 amide bonds. The minimum Gasteiger partial charge on any atom is -0.378 e. The Bertz CT molecular complexity index is 1330. The number of halogens is 3. The van der Waals surface area contributed by atoms with Gasteiger partial charge in [0.05, 0.1) is 11.8 Å². The number of rotatable bonds is 5. The number of hydrazone groups is 1. The van der Waals surface area contributed by atoms with Crippen molar-refractivity contribution in [2.24, 2.45) is 5.10 Å². The average molecular weight is 456 g/mol. The van der Waals surface area contributed by atoms with Crippen molar-refractivity contribution < 1.29 is 22.6 Å². The highest BCUT2D eigenvalue weighted by atomic mass is 19.4. The van der Waals surface area contributed by atoms with E-state index in [4.69, 9.17) is 5.73 Å². The maximum Gasteiger partial charge on any atom is 0.416 e. The number of nitrogens with two attached hydrogens (primary N) is 1. The van der Waals surface area contributed by atoms with Crippen LogP contribution in [0.5, 0.6) is 0 Å². The summed E-state index contributed by atoms with van der Waals surface area (Å²) in [7, 11) is 0. The van der Waals surface area contributed by atoms with E-state index in [1.165, 1.54) is 16.8 Å². The molecule has 0 aliphatic carbocycles. The molecule has 0 fully saturated rings. The fraction of sp³-hybridized carbons (Fsp3) is 0.100. The van der Waals surface area contributed by atoms with Gasteiger partial charge in [0.1, 0.15) is 5.69 Å². The molecule has 2 aromatic carbocycles. The first-order chi connectivity index (χ1) is 15.7. The molecular weight excluding hydrogens is 441 g/mol. The summed E-state index contributed by atoms with van der Waals surface area (Å²) >= 11 is 0.